The third kappa shape index (κ3) is 8.05. The van der Waals surface area contributed by atoms with Gasteiger partial charge in [-0.05, 0) is 31.6 Å². The van der Waals surface area contributed by atoms with Gasteiger partial charge in [0.05, 0.1) is 6.33 Å². The Labute approximate surface area is 263 Å². The molecular weight excluding hydrogens is 861 g/mol. The predicted molar refractivity (Wildman–Crippen MR) is 144 cm³/mol. The number of ether oxygens (including phenoxy) is 1. The van der Waals surface area contributed by atoms with Gasteiger partial charge >= 0.3 is 21.1 Å². The van der Waals surface area contributed by atoms with Crippen LogP contribution in [-0.2, 0) is 42.1 Å². The van der Waals surface area contributed by atoms with E-state index in [-0.39, 0.29) is 42.1 Å². The molecule has 5 aromatic rings. The van der Waals surface area contributed by atoms with E-state index in [1.54, 1.807) is 29.1 Å². The number of rotatable bonds is 5. The van der Waals surface area contributed by atoms with E-state index in [1.807, 2.05) is 90.5 Å². The molecule has 0 unspecified atom stereocenters. The van der Waals surface area contributed by atoms with Gasteiger partial charge in [-0.3, -0.25) is 6.07 Å². The van der Waals surface area contributed by atoms with Gasteiger partial charge in [0.1, 0.15) is 0 Å². The van der Waals surface area contributed by atoms with Crippen LogP contribution in [0.5, 0.6) is 11.5 Å². The normalized spacial score (nSPS) is 11.4. The number of hydrogen-bond acceptors (Lipinski definition) is 5. The molecule has 1 aliphatic heterocycles. The van der Waals surface area contributed by atoms with E-state index in [0.29, 0.717) is 28.5 Å². The van der Waals surface area contributed by atoms with Crippen LogP contribution >= 0.6 is 0 Å². The fourth-order valence-corrected chi connectivity index (χ4v) is 3.48. The molecule has 0 atom stereocenters. The second kappa shape index (κ2) is 15.0. The van der Waals surface area contributed by atoms with Gasteiger partial charge in [0.25, 0.3) is 0 Å². The van der Waals surface area contributed by atoms with Gasteiger partial charge in [0, 0.05) is 39.2 Å². The van der Waals surface area contributed by atoms with Crippen LogP contribution in [0.15, 0.2) is 97.9 Å². The van der Waals surface area contributed by atoms with Crippen molar-refractivity contribution in [3.05, 3.63) is 141 Å². The molecule has 40 heavy (non-hydrogen) atoms. The smallest absolute Gasteiger partial charge is 0.669 e. The summed E-state index contributed by atoms with van der Waals surface area (Å²) in [6.45, 7) is 1.96. The molecule has 0 N–H and O–H groups in total. The van der Waals surface area contributed by atoms with E-state index in [0.717, 1.165) is 11.3 Å². The van der Waals surface area contributed by atoms with Crippen molar-refractivity contribution >= 4 is 5.69 Å². The summed E-state index contributed by atoms with van der Waals surface area (Å²) in [6.07, 6.45) is 15.5. The zero-order valence-corrected chi connectivity index (χ0v) is 25.6. The summed E-state index contributed by atoms with van der Waals surface area (Å²) in [4.78, 5) is 12.6. The average molecular weight is 881 g/mol. The summed E-state index contributed by atoms with van der Waals surface area (Å²) in [7, 11) is 1.97. The summed E-state index contributed by atoms with van der Waals surface area (Å²) in [5.41, 5.74) is 3.63. The molecule has 0 saturated carbocycles. The average Bonchev–Trinajstić information content (AvgIpc) is 3.66. The third-order valence-electron chi connectivity index (χ3n) is 5.28. The maximum absolute atomic E-state index is 6.57. The van der Waals surface area contributed by atoms with Crippen LogP contribution in [0.2, 0.25) is 0 Å². The van der Waals surface area contributed by atoms with Crippen molar-refractivity contribution in [1.82, 2.24) is 19.4 Å². The van der Waals surface area contributed by atoms with Gasteiger partial charge in [-0.1, -0.05) is 5.75 Å². The van der Waals surface area contributed by atoms with Crippen LogP contribution in [-0.4, -0.2) is 26.5 Å². The van der Waals surface area contributed by atoms with Crippen LogP contribution in [0, 0.1) is 49.5 Å². The number of nitrogens with zero attached hydrogens (tertiary/aromatic N) is 5. The second-order valence-electron chi connectivity index (χ2n) is 8.00. The molecule has 6 rings (SSSR count). The van der Waals surface area contributed by atoms with E-state index in [9.17, 15) is 0 Å². The Morgan fingerprint density at radius 2 is 1.65 bits per heavy atom. The fraction of sp³-hybridized carbons (Fsp3) is 0.0312. The first-order valence-electron chi connectivity index (χ1n) is 11.6. The molecule has 0 saturated heterocycles. The van der Waals surface area contributed by atoms with E-state index >= 15 is 0 Å². The molecule has 3 aromatic carbocycles. The SMILES string of the molecule is CN1C=CN(c2[c-]c(Oc3[c-]c(-c4[c-]c(-c5[c-]cccc5)ncn4)[c-]cc3)ccc2)[CH-]1.[C-]#Cn1cccc1.[Pt+4].[Pt]. The molecule has 0 aliphatic carbocycles. The van der Waals surface area contributed by atoms with Gasteiger partial charge < -0.3 is 53.2 Å². The zero-order valence-electron chi connectivity index (χ0n) is 21.1. The maximum atomic E-state index is 6.57. The summed E-state index contributed by atoms with van der Waals surface area (Å²) >= 11 is 0. The third-order valence-corrected chi connectivity index (χ3v) is 5.28. The van der Waals surface area contributed by atoms with E-state index < -0.39 is 0 Å². The van der Waals surface area contributed by atoms with E-state index in [4.69, 9.17) is 11.2 Å². The quantitative estimate of drug-likeness (QED) is 0.165. The summed E-state index contributed by atoms with van der Waals surface area (Å²) in [5.74, 6) is 1.13. The summed E-state index contributed by atoms with van der Waals surface area (Å²) in [6, 6.07) is 38.8. The standard InChI is InChI=1S/C26H16N4O.C6H4N.2Pt/c1-29-13-14-30(19-29)22-10-6-12-24(16-22)31-23-11-5-9-21(15-23)26-17-25(27-18-28-26)20-7-3-2-4-8-20;1-2-7-5-3-4-6-7;;/h2-7,10-14,18-19H,1H3;3-6H;;/q-6;-1;;+4. The van der Waals surface area contributed by atoms with Gasteiger partial charge in [0.15, 0.2) is 0 Å². The molecule has 2 aromatic heterocycles. The number of aromatic nitrogens is 3. The Hall–Kier alpha value is -3.90. The van der Waals surface area contributed by atoms with Crippen molar-refractivity contribution < 1.29 is 46.9 Å². The van der Waals surface area contributed by atoms with E-state index in [1.165, 1.54) is 6.33 Å². The molecular formula is C32H20N5OPt2-3. The zero-order chi connectivity index (χ0) is 26.2. The minimum absolute atomic E-state index is 0. The van der Waals surface area contributed by atoms with Crippen molar-refractivity contribution in [2.45, 2.75) is 0 Å². The van der Waals surface area contributed by atoms with Crippen molar-refractivity contribution in [1.29, 1.82) is 0 Å². The Kier molecular flexibility index (Phi) is 11.5. The molecule has 202 valence electrons. The van der Waals surface area contributed by atoms with Crippen LogP contribution in [0.25, 0.3) is 22.5 Å². The van der Waals surface area contributed by atoms with Gasteiger partial charge in [-0.15, -0.1) is 35.6 Å². The Morgan fingerprint density at radius 3 is 2.35 bits per heavy atom. The topological polar surface area (TPSA) is 46.4 Å². The minimum Gasteiger partial charge on any atom is -0.669 e. The maximum Gasteiger partial charge on any atom is 4.00 e. The van der Waals surface area contributed by atoms with E-state index in [2.05, 4.69) is 46.3 Å². The molecule has 8 heteroatoms. The fourth-order valence-electron chi connectivity index (χ4n) is 3.48. The second-order valence-corrected chi connectivity index (χ2v) is 8.00. The first-order chi connectivity index (χ1) is 18.7. The summed E-state index contributed by atoms with van der Waals surface area (Å²) < 4.78 is 7.55. The van der Waals surface area contributed by atoms with Crippen LogP contribution < -0.4 is 9.64 Å². The molecule has 0 spiro atoms. The van der Waals surface area contributed by atoms with Crippen LogP contribution in [0.3, 0.4) is 0 Å². The Balaban J connectivity index is 0.000000431. The van der Waals surface area contributed by atoms with Gasteiger partial charge in [-0.25, -0.2) is 29.4 Å². The number of hydrogen-bond donors (Lipinski definition) is 0. The molecule has 0 amide bonds. The molecule has 0 fully saturated rings. The Morgan fingerprint density at radius 1 is 0.850 bits per heavy atom. The molecule has 0 radical (unpaired) electrons. The van der Waals surface area contributed by atoms with Crippen LogP contribution in [0.4, 0.5) is 5.69 Å². The molecule has 6 nitrogen and oxygen atoms in total. The number of benzene rings is 3. The van der Waals surface area contributed by atoms with Crippen molar-refractivity contribution in [2.24, 2.45) is 0 Å². The molecule has 3 heterocycles. The van der Waals surface area contributed by atoms with Crippen LogP contribution in [0.1, 0.15) is 0 Å². The first kappa shape index (κ1) is 30.6. The van der Waals surface area contributed by atoms with Gasteiger partial charge in [-0.2, -0.15) is 37.0 Å². The Bertz CT molecular complexity index is 1570. The predicted octanol–water partition coefficient (Wildman–Crippen LogP) is 5.82. The van der Waals surface area contributed by atoms with Crippen molar-refractivity contribution in [3.63, 3.8) is 0 Å². The number of anilines is 1. The van der Waals surface area contributed by atoms with Gasteiger partial charge in [0.2, 0.25) is 0 Å². The van der Waals surface area contributed by atoms with Crippen molar-refractivity contribution in [3.8, 4) is 40.1 Å². The van der Waals surface area contributed by atoms with Crippen molar-refractivity contribution in [2.75, 3.05) is 11.9 Å². The molecule has 0 bridgehead atoms. The monoisotopic (exact) mass is 880 g/mol. The minimum atomic E-state index is 0. The molecule has 1 aliphatic rings. The summed E-state index contributed by atoms with van der Waals surface area (Å²) in [5, 5.41) is 0. The first-order valence-corrected chi connectivity index (χ1v) is 11.6. The largest absolute Gasteiger partial charge is 4.00 e.